The summed E-state index contributed by atoms with van der Waals surface area (Å²) in [5, 5.41) is 8.89. The number of rotatable bonds is 5. The van der Waals surface area contributed by atoms with Crippen molar-refractivity contribution >= 4 is 54.3 Å². The van der Waals surface area contributed by atoms with Crippen molar-refractivity contribution in [1.29, 1.82) is 0 Å². The third kappa shape index (κ3) is 5.26. The van der Waals surface area contributed by atoms with Crippen LogP contribution in [-0.4, -0.2) is 15.0 Å². The van der Waals surface area contributed by atoms with Crippen LogP contribution in [0.25, 0.3) is 111 Å². The quantitative estimate of drug-likeness (QED) is 0.168. The minimum absolute atomic E-state index is 0.594. The van der Waals surface area contributed by atoms with E-state index in [-0.39, 0.29) is 0 Å². The molecule has 0 bridgehead atoms. The fraction of sp³-hybridized carbons (Fsp3) is 0. The molecule has 4 nitrogen and oxygen atoms in total. The van der Waals surface area contributed by atoms with E-state index in [1.54, 1.807) is 0 Å². The molecule has 0 fully saturated rings. The van der Waals surface area contributed by atoms with Crippen molar-refractivity contribution in [3.8, 4) is 56.4 Å². The second kappa shape index (κ2) is 12.6. The summed E-state index contributed by atoms with van der Waals surface area (Å²) in [6.07, 6.45) is 0. The first-order valence-corrected chi connectivity index (χ1v) is 18.5. The zero-order valence-electron chi connectivity index (χ0n) is 29.6. The topological polar surface area (TPSA) is 51.8 Å². The summed E-state index contributed by atoms with van der Waals surface area (Å²) in [5.74, 6) is 1.84. The molecule has 2 aromatic heterocycles. The molecule has 4 heteroatoms. The minimum atomic E-state index is 0.594. The highest BCUT2D eigenvalue weighted by molar-refractivity contribution is 6.16. The fourth-order valence-electron chi connectivity index (χ4n) is 8.05. The van der Waals surface area contributed by atoms with Crippen LogP contribution in [0.3, 0.4) is 0 Å². The number of nitrogens with zero attached hydrogens (tertiary/aromatic N) is 3. The Morgan fingerprint density at radius 2 is 0.891 bits per heavy atom. The van der Waals surface area contributed by atoms with Crippen LogP contribution >= 0.6 is 0 Å². The van der Waals surface area contributed by atoms with Crippen LogP contribution in [0.1, 0.15) is 0 Å². The van der Waals surface area contributed by atoms with E-state index >= 15 is 0 Å². The van der Waals surface area contributed by atoms with Gasteiger partial charge in [-0.15, -0.1) is 0 Å². The molecular formula is C51H31N3O. The van der Waals surface area contributed by atoms with Crippen LogP contribution < -0.4 is 0 Å². The van der Waals surface area contributed by atoms with Crippen molar-refractivity contribution in [3.63, 3.8) is 0 Å². The summed E-state index contributed by atoms with van der Waals surface area (Å²) in [5.41, 5.74) is 8.90. The number of benzene rings is 9. The lowest BCUT2D eigenvalue weighted by Crippen LogP contribution is -2.01. The Kier molecular flexibility index (Phi) is 7.14. The Hall–Kier alpha value is -7.43. The average molecular weight is 702 g/mol. The summed E-state index contributed by atoms with van der Waals surface area (Å²) in [7, 11) is 0. The van der Waals surface area contributed by atoms with Gasteiger partial charge in [0.2, 0.25) is 0 Å². The number of aromatic nitrogens is 3. The van der Waals surface area contributed by atoms with Gasteiger partial charge in [-0.2, -0.15) is 0 Å². The molecule has 9 aromatic carbocycles. The molecule has 0 unspecified atom stereocenters. The molecular weight excluding hydrogens is 671 g/mol. The molecule has 11 aromatic rings. The summed E-state index contributed by atoms with van der Waals surface area (Å²) in [6, 6.07) is 65.7. The smallest absolute Gasteiger partial charge is 0.164 e. The van der Waals surface area contributed by atoms with Gasteiger partial charge in [0, 0.05) is 33.0 Å². The lowest BCUT2D eigenvalue weighted by atomic mass is 9.96. The van der Waals surface area contributed by atoms with E-state index in [0.29, 0.717) is 17.5 Å². The van der Waals surface area contributed by atoms with Crippen LogP contribution in [-0.2, 0) is 0 Å². The van der Waals surface area contributed by atoms with Crippen molar-refractivity contribution < 1.29 is 4.42 Å². The molecule has 0 aliphatic carbocycles. The first-order valence-electron chi connectivity index (χ1n) is 18.5. The first-order chi connectivity index (χ1) is 27.2. The van der Waals surface area contributed by atoms with Gasteiger partial charge in [0.15, 0.2) is 17.5 Å². The van der Waals surface area contributed by atoms with Gasteiger partial charge in [0.25, 0.3) is 0 Å². The minimum Gasteiger partial charge on any atom is -0.455 e. The second-order valence-electron chi connectivity index (χ2n) is 14.0. The number of para-hydroxylation sites is 1. The van der Waals surface area contributed by atoms with Crippen LogP contribution in [0.15, 0.2) is 192 Å². The van der Waals surface area contributed by atoms with Gasteiger partial charge in [-0.25, -0.2) is 15.0 Å². The Labute approximate surface area is 317 Å². The van der Waals surface area contributed by atoms with Gasteiger partial charge in [-0.1, -0.05) is 170 Å². The number of hydrogen-bond acceptors (Lipinski definition) is 4. The third-order valence-corrected chi connectivity index (χ3v) is 10.7. The van der Waals surface area contributed by atoms with E-state index in [1.165, 1.54) is 21.9 Å². The highest BCUT2D eigenvalue weighted by Gasteiger charge is 2.21. The Bertz CT molecular complexity index is 3260. The molecule has 0 atom stereocenters. The predicted molar refractivity (Wildman–Crippen MR) is 227 cm³/mol. The van der Waals surface area contributed by atoms with Crippen molar-refractivity contribution in [1.82, 2.24) is 15.0 Å². The molecule has 0 radical (unpaired) electrons. The molecule has 0 spiro atoms. The second-order valence-corrected chi connectivity index (χ2v) is 14.0. The lowest BCUT2D eigenvalue weighted by molar-refractivity contribution is 0.670. The lowest BCUT2D eigenvalue weighted by Gasteiger charge is -2.13. The largest absolute Gasteiger partial charge is 0.455 e. The van der Waals surface area contributed by atoms with Crippen molar-refractivity contribution in [3.05, 3.63) is 188 Å². The van der Waals surface area contributed by atoms with Crippen molar-refractivity contribution in [2.24, 2.45) is 0 Å². The maximum atomic E-state index is 6.73. The van der Waals surface area contributed by atoms with E-state index in [1.807, 2.05) is 18.2 Å². The molecule has 0 amide bonds. The summed E-state index contributed by atoms with van der Waals surface area (Å²) in [6.45, 7) is 0. The highest BCUT2D eigenvalue weighted by Crippen LogP contribution is 2.41. The molecule has 55 heavy (non-hydrogen) atoms. The maximum Gasteiger partial charge on any atom is 0.164 e. The van der Waals surface area contributed by atoms with Gasteiger partial charge in [-0.3, -0.25) is 0 Å². The van der Waals surface area contributed by atoms with Crippen LogP contribution in [0.4, 0.5) is 0 Å². The fourth-order valence-corrected chi connectivity index (χ4v) is 8.05. The van der Waals surface area contributed by atoms with Gasteiger partial charge < -0.3 is 4.42 Å². The van der Waals surface area contributed by atoms with Gasteiger partial charge >= 0.3 is 0 Å². The average Bonchev–Trinajstić information content (AvgIpc) is 3.65. The molecule has 2 heterocycles. The van der Waals surface area contributed by atoms with Crippen LogP contribution in [0.5, 0.6) is 0 Å². The molecule has 0 saturated heterocycles. The van der Waals surface area contributed by atoms with Gasteiger partial charge in [-0.05, 0) is 67.2 Å². The predicted octanol–water partition coefficient (Wildman–Crippen LogP) is 13.6. The summed E-state index contributed by atoms with van der Waals surface area (Å²) in [4.78, 5) is 15.8. The molecule has 11 rings (SSSR count). The van der Waals surface area contributed by atoms with E-state index in [0.717, 1.165) is 71.3 Å². The monoisotopic (exact) mass is 701 g/mol. The molecule has 256 valence electrons. The Balaban J connectivity index is 1.13. The Morgan fingerprint density at radius 3 is 1.73 bits per heavy atom. The molecule has 0 aliphatic heterocycles. The highest BCUT2D eigenvalue weighted by atomic mass is 16.3. The van der Waals surface area contributed by atoms with Crippen molar-refractivity contribution in [2.75, 3.05) is 0 Å². The van der Waals surface area contributed by atoms with Gasteiger partial charge in [0.1, 0.15) is 11.2 Å². The van der Waals surface area contributed by atoms with E-state index in [2.05, 4.69) is 170 Å². The first kappa shape index (κ1) is 31.1. The van der Waals surface area contributed by atoms with Crippen LogP contribution in [0.2, 0.25) is 0 Å². The van der Waals surface area contributed by atoms with Crippen molar-refractivity contribution in [2.45, 2.75) is 0 Å². The maximum absolute atomic E-state index is 6.73. The molecule has 0 saturated carbocycles. The summed E-state index contributed by atoms with van der Waals surface area (Å²) >= 11 is 0. The third-order valence-electron chi connectivity index (χ3n) is 10.7. The summed E-state index contributed by atoms with van der Waals surface area (Å²) < 4.78 is 6.73. The SMILES string of the molecule is c1ccc(-c2ccc(-c3cccc4c3oc3cccc(-c5nc(-c6ccc7ccccc7c6)nc(-c6cc7ccccc7c7ccccc67)n5)c34)cc2)cc1. The number of hydrogen-bond donors (Lipinski definition) is 0. The van der Waals surface area contributed by atoms with Gasteiger partial charge in [0.05, 0.1) is 0 Å². The van der Waals surface area contributed by atoms with E-state index in [4.69, 9.17) is 19.4 Å². The normalized spacial score (nSPS) is 11.6. The number of furan rings is 1. The van der Waals surface area contributed by atoms with Crippen LogP contribution in [0, 0.1) is 0 Å². The van der Waals surface area contributed by atoms with E-state index < -0.39 is 0 Å². The van der Waals surface area contributed by atoms with E-state index in [9.17, 15) is 0 Å². The Morgan fingerprint density at radius 1 is 0.309 bits per heavy atom. The standard InChI is InChI=1S/C51H31N3O/c1-2-12-32(13-3-1)34-24-27-35(28-25-34)40-20-10-21-43-47-44(22-11-23-46(47)55-48(40)43)50-52-49(38-29-26-33-14-4-5-15-36(33)30-38)53-51(54-50)45-31-37-16-6-7-17-39(37)41-18-8-9-19-42(41)45/h1-31H. The zero-order chi connectivity index (χ0) is 36.3. The molecule has 0 aliphatic rings. The zero-order valence-corrected chi connectivity index (χ0v) is 29.6. The molecule has 0 N–H and O–H groups in total. The number of fused-ring (bicyclic) bond motifs is 7.